The maximum atomic E-state index is 12.6. The molecule has 146 valence electrons. The van der Waals surface area contributed by atoms with Gasteiger partial charge in [0.2, 0.25) is 5.91 Å². The largest absolute Gasteiger partial charge is 0.496 e. The van der Waals surface area contributed by atoms with Gasteiger partial charge in [0.1, 0.15) is 5.75 Å². The number of hydrogen-bond acceptors (Lipinski definition) is 3. The van der Waals surface area contributed by atoms with Gasteiger partial charge in [-0.25, -0.2) is 0 Å². The van der Waals surface area contributed by atoms with Crippen molar-refractivity contribution < 1.29 is 14.3 Å². The van der Waals surface area contributed by atoms with E-state index in [1.165, 1.54) is 13.2 Å². The number of halogens is 1. The number of rotatable bonds is 6. The highest BCUT2D eigenvalue weighted by Gasteiger charge is 2.17. The predicted molar refractivity (Wildman–Crippen MR) is 113 cm³/mol. The summed E-state index contributed by atoms with van der Waals surface area (Å²) < 4.78 is 7.15. The molecule has 0 aliphatic rings. The van der Waals surface area contributed by atoms with Crippen LogP contribution >= 0.6 is 11.6 Å². The number of nitrogens with one attached hydrogen (secondary N) is 2. The minimum Gasteiger partial charge on any atom is -0.496 e. The minimum atomic E-state index is -0.477. The average molecular weight is 408 g/mol. The monoisotopic (exact) mass is 407 g/mol. The lowest BCUT2D eigenvalue weighted by atomic mass is 10.1. The van der Waals surface area contributed by atoms with Crippen molar-refractivity contribution in [3.05, 3.63) is 77.1 Å². The van der Waals surface area contributed by atoms with E-state index in [1.807, 2.05) is 29.1 Å². The van der Waals surface area contributed by atoms with Gasteiger partial charge in [-0.1, -0.05) is 23.6 Å². The molecule has 7 heteroatoms. The molecule has 0 aliphatic heterocycles. The van der Waals surface area contributed by atoms with Crippen molar-refractivity contribution in [2.45, 2.75) is 0 Å². The number of anilines is 1. The number of ether oxygens (including phenoxy) is 1. The number of benzene rings is 2. The Labute approximate surface area is 173 Å². The summed E-state index contributed by atoms with van der Waals surface area (Å²) in [6.45, 7) is -0.223. The van der Waals surface area contributed by atoms with Crippen LogP contribution in [0.25, 0.3) is 5.69 Å². The van der Waals surface area contributed by atoms with Crippen LogP contribution in [0.4, 0.5) is 5.69 Å². The van der Waals surface area contributed by atoms with E-state index in [2.05, 4.69) is 16.6 Å². The van der Waals surface area contributed by atoms with Crippen LogP contribution in [0.3, 0.4) is 0 Å². The zero-order chi connectivity index (χ0) is 20.8. The number of terminal acetylenes is 1. The molecule has 2 amide bonds. The minimum absolute atomic E-state index is 0.223. The van der Waals surface area contributed by atoms with Crippen LogP contribution in [0.5, 0.6) is 5.75 Å². The second kappa shape index (κ2) is 9.00. The Kier molecular flexibility index (Phi) is 6.22. The van der Waals surface area contributed by atoms with Crippen LogP contribution in [0.2, 0.25) is 5.02 Å². The molecule has 0 fully saturated rings. The first-order valence-electron chi connectivity index (χ1n) is 8.67. The van der Waals surface area contributed by atoms with Gasteiger partial charge in [0.05, 0.1) is 29.9 Å². The summed E-state index contributed by atoms with van der Waals surface area (Å²) in [5.41, 5.74) is 2.11. The topological polar surface area (TPSA) is 72.4 Å². The second-order valence-electron chi connectivity index (χ2n) is 6.05. The van der Waals surface area contributed by atoms with E-state index in [0.29, 0.717) is 27.7 Å². The molecule has 0 saturated heterocycles. The van der Waals surface area contributed by atoms with Crippen LogP contribution in [0.15, 0.2) is 60.9 Å². The summed E-state index contributed by atoms with van der Waals surface area (Å²) >= 11 is 6.34. The number of nitrogens with zero attached hydrogens (tertiary/aromatic N) is 1. The molecule has 0 unspecified atom stereocenters. The van der Waals surface area contributed by atoms with Crippen LogP contribution in [-0.4, -0.2) is 30.0 Å². The van der Waals surface area contributed by atoms with Crippen molar-refractivity contribution in [1.82, 2.24) is 9.88 Å². The van der Waals surface area contributed by atoms with Crippen molar-refractivity contribution in [2.75, 3.05) is 19.0 Å². The third-order valence-electron chi connectivity index (χ3n) is 4.12. The van der Waals surface area contributed by atoms with Gasteiger partial charge in [0, 0.05) is 29.7 Å². The van der Waals surface area contributed by atoms with Gasteiger partial charge in [-0.15, -0.1) is 6.42 Å². The lowest BCUT2D eigenvalue weighted by Crippen LogP contribution is -2.33. The Morgan fingerprint density at radius 3 is 2.62 bits per heavy atom. The molecule has 6 nitrogen and oxygen atoms in total. The van der Waals surface area contributed by atoms with Gasteiger partial charge in [-0.3, -0.25) is 9.59 Å². The van der Waals surface area contributed by atoms with Crippen molar-refractivity contribution in [1.29, 1.82) is 0 Å². The van der Waals surface area contributed by atoms with Gasteiger partial charge in [-0.2, -0.15) is 0 Å². The molecule has 0 spiro atoms. The van der Waals surface area contributed by atoms with E-state index in [1.54, 1.807) is 30.3 Å². The van der Waals surface area contributed by atoms with Gasteiger partial charge < -0.3 is 19.9 Å². The molecule has 0 saturated carbocycles. The van der Waals surface area contributed by atoms with E-state index in [4.69, 9.17) is 22.8 Å². The number of hydrogen-bond donors (Lipinski definition) is 2. The van der Waals surface area contributed by atoms with Gasteiger partial charge in [0.25, 0.3) is 5.91 Å². The Morgan fingerprint density at radius 1 is 1.17 bits per heavy atom. The normalized spacial score (nSPS) is 10.1. The molecule has 3 aromatic rings. The zero-order valence-electron chi connectivity index (χ0n) is 15.6. The van der Waals surface area contributed by atoms with E-state index in [0.717, 1.165) is 0 Å². The quantitative estimate of drug-likeness (QED) is 0.614. The fourth-order valence-corrected chi connectivity index (χ4v) is 2.99. The third-order valence-corrected chi connectivity index (χ3v) is 4.42. The van der Waals surface area contributed by atoms with Crippen molar-refractivity contribution in [3.8, 4) is 23.8 Å². The first kappa shape index (κ1) is 20.1. The molecule has 1 aromatic heterocycles. The highest BCUT2D eigenvalue weighted by molar-refractivity contribution is 6.33. The number of carbonyl (C=O) groups excluding carboxylic acids is 2. The Morgan fingerprint density at radius 2 is 1.93 bits per heavy atom. The molecule has 0 radical (unpaired) electrons. The summed E-state index contributed by atoms with van der Waals surface area (Å²) in [5.74, 6) is 1.98. The molecular formula is C22H18ClN3O3. The molecule has 0 aliphatic carbocycles. The summed E-state index contributed by atoms with van der Waals surface area (Å²) in [7, 11) is 1.46. The number of carbonyl (C=O) groups is 2. The summed E-state index contributed by atoms with van der Waals surface area (Å²) in [5, 5.41) is 5.63. The van der Waals surface area contributed by atoms with Gasteiger partial charge in [0.15, 0.2) is 0 Å². The highest BCUT2D eigenvalue weighted by atomic mass is 35.5. The average Bonchev–Trinajstić information content (AvgIpc) is 3.26. The number of aromatic nitrogens is 1. The van der Waals surface area contributed by atoms with Crippen LogP contribution in [-0.2, 0) is 4.79 Å². The molecule has 29 heavy (non-hydrogen) atoms. The van der Waals surface area contributed by atoms with Crippen LogP contribution in [0, 0.1) is 12.3 Å². The van der Waals surface area contributed by atoms with Crippen molar-refractivity contribution in [3.63, 3.8) is 0 Å². The highest BCUT2D eigenvalue weighted by Crippen LogP contribution is 2.30. The van der Waals surface area contributed by atoms with Gasteiger partial charge in [-0.05, 0) is 36.4 Å². The standard InChI is InChI=1S/C22H18ClN3O3/c1-3-15-7-6-8-16(11-15)25-21(27)14-24-22(28)17-12-18(23)19(13-20(17)29-2)26-9-4-5-10-26/h1,4-13H,14H2,2H3,(H,24,28)(H,25,27). The van der Waals surface area contributed by atoms with Gasteiger partial charge >= 0.3 is 0 Å². The molecule has 0 bridgehead atoms. The first-order chi connectivity index (χ1) is 14.0. The summed E-state index contributed by atoms with van der Waals surface area (Å²) in [6, 6.07) is 13.8. The first-order valence-corrected chi connectivity index (χ1v) is 9.05. The molecule has 2 N–H and O–H groups in total. The Hall–Kier alpha value is -3.69. The molecular weight excluding hydrogens is 390 g/mol. The maximum Gasteiger partial charge on any atom is 0.255 e. The maximum absolute atomic E-state index is 12.6. The third kappa shape index (κ3) is 4.78. The van der Waals surface area contributed by atoms with E-state index < -0.39 is 5.91 Å². The van der Waals surface area contributed by atoms with Crippen LogP contribution in [0.1, 0.15) is 15.9 Å². The Bertz CT molecular complexity index is 1090. The van der Waals surface area contributed by atoms with Crippen molar-refractivity contribution >= 4 is 29.1 Å². The summed E-state index contributed by atoms with van der Waals surface area (Å²) in [4.78, 5) is 24.7. The number of amides is 2. The molecule has 0 atom stereocenters. The fraction of sp³-hybridized carbons (Fsp3) is 0.0909. The molecule has 2 aromatic carbocycles. The van der Waals surface area contributed by atoms with Crippen LogP contribution < -0.4 is 15.4 Å². The second-order valence-corrected chi connectivity index (χ2v) is 6.46. The smallest absolute Gasteiger partial charge is 0.255 e. The molecule has 1 heterocycles. The predicted octanol–water partition coefficient (Wildman–Crippen LogP) is 3.49. The van der Waals surface area contributed by atoms with E-state index in [9.17, 15) is 9.59 Å². The number of methoxy groups -OCH3 is 1. The van der Waals surface area contributed by atoms with Crippen molar-refractivity contribution in [2.24, 2.45) is 0 Å². The fourth-order valence-electron chi connectivity index (χ4n) is 2.73. The lowest BCUT2D eigenvalue weighted by Gasteiger charge is -2.13. The lowest BCUT2D eigenvalue weighted by molar-refractivity contribution is -0.115. The Balaban J connectivity index is 1.69. The zero-order valence-corrected chi connectivity index (χ0v) is 16.4. The van der Waals surface area contributed by atoms with E-state index >= 15 is 0 Å². The molecule has 3 rings (SSSR count). The summed E-state index contributed by atoms with van der Waals surface area (Å²) in [6.07, 6.45) is 9.02. The van der Waals surface area contributed by atoms with E-state index in [-0.39, 0.29) is 18.0 Å². The SMILES string of the molecule is C#Cc1cccc(NC(=O)CNC(=O)c2cc(Cl)c(-n3cccc3)cc2OC)c1.